The maximum atomic E-state index is 10.7. The highest BCUT2D eigenvalue weighted by atomic mass is 32.2. The van der Waals surface area contributed by atoms with Crippen LogP contribution in [-0.4, -0.2) is 26.5 Å². The Bertz CT molecular complexity index is 671. The monoisotopic (exact) mass is 271 g/mol. The van der Waals surface area contributed by atoms with Crippen LogP contribution in [0, 0.1) is 11.3 Å². The molecule has 1 saturated carbocycles. The van der Waals surface area contributed by atoms with Crippen molar-refractivity contribution in [1.29, 1.82) is 5.26 Å². The van der Waals surface area contributed by atoms with E-state index in [0.717, 1.165) is 24.0 Å². The number of tetrazole rings is 1. The molecule has 0 unspecified atom stereocenters. The lowest BCUT2D eigenvalue weighted by Gasteiger charge is -2.04. The fourth-order valence-corrected chi connectivity index (χ4v) is 2.60. The molecule has 0 spiro atoms. The SMILES string of the molecule is N#Cc1cc(C=O)ccc1Sc1nnnn1C1CC1. The topological polar surface area (TPSA) is 84.5 Å². The maximum absolute atomic E-state index is 10.7. The van der Waals surface area contributed by atoms with Gasteiger partial charge in [0.15, 0.2) is 0 Å². The summed E-state index contributed by atoms with van der Waals surface area (Å²) in [5.74, 6) is 0. The third kappa shape index (κ3) is 2.35. The van der Waals surface area contributed by atoms with Crippen molar-refractivity contribution >= 4 is 18.0 Å². The van der Waals surface area contributed by atoms with Gasteiger partial charge < -0.3 is 0 Å². The minimum absolute atomic E-state index is 0.386. The Morgan fingerprint density at radius 3 is 3.00 bits per heavy atom. The summed E-state index contributed by atoms with van der Waals surface area (Å²) in [6.45, 7) is 0. The number of rotatable bonds is 4. The number of aldehydes is 1. The van der Waals surface area contributed by atoms with Gasteiger partial charge in [0, 0.05) is 10.5 Å². The number of nitrogens with zero attached hydrogens (tertiary/aromatic N) is 5. The van der Waals surface area contributed by atoms with Crippen LogP contribution in [0.3, 0.4) is 0 Å². The molecule has 0 aliphatic heterocycles. The number of hydrogen-bond acceptors (Lipinski definition) is 6. The number of benzene rings is 1. The summed E-state index contributed by atoms with van der Waals surface area (Å²) in [6.07, 6.45) is 2.91. The third-order valence-corrected chi connectivity index (χ3v) is 3.84. The summed E-state index contributed by atoms with van der Waals surface area (Å²) < 4.78 is 1.79. The summed E-state index contributed by atoms with van der Waals surface area (Å²) in [6, 6.07) is 7.48. The molecule has 1 aromatic heterocycles. The molecule has 19 heavy (non-hydrogen) atoms. The lowest BCUT2D eigenvalue weighted by molar-refractivity contribution is 0.112. The lowest BCUT2D eigenvalue weighted by atomic mass is 10.1. The molecule has 2 aromatic rings. The molecule has 7 heteroatoms. The molecule has 0 saturated heterocycles. The molecule has 1 aliphatic rings. The molecule has 94 valence electrons. The zero-order valence-electron chi connectivity index (χ0n) is 9.85. The smallest absolute Gasteiger partial charge is 0.214 e. The Morgan fingerprint density at radius 2 is 2.32 bits per heavy atom. The third-order valence-electron chi connectivity index (χ3n) is 2.82. The predicted molar refractivity (Wildman–Crippen MR) is 66.8 cm³/mol. The quantitative estimate of drug-likeness (QED) is 0.789. The van der Waals surface area contributed by atoms with E-state index >= 15 is 0 Å². The number of carbonyl (C=O) groups excluding carboxylic acids is 1. The van der Waals surface area contributed by atoms with Crippen LogP contribution in [0.25, 0.3) is 0 Å². The summed E-state index contributed by atoms with van der Waals surface area (Å²) in [4.78, 5) is 11.5. The van der Waals surface area contributed by atoms with Gasteiger partial charge in [0.1, 0.15) is 12.4 Å². The Labute approximate surface area is 113 Å². The molecule has 1 heterocycles. The molecule has 0 N–H and O–H groups in total. The van der Waals surface area contributed by atoms with E-state index < -0.39 is 0 Å². The average Bonchev–Trinajstić information content (AvgIpc) is 3.19. The van der Waals surface area contributed by atoms with E-state index in [2.05, 4.69) is 21.6 Å². The molecular formula is C12H9N5OS. The van der Waals surface area contributed by atoms with Gasteiger partial charge in [-0.3, -0.25) is 4.79 Å². The average molecular weight is 271 g/mol. The van der Waals surface area contributed by atoms with Crippen molar-refractivity contribution in [2.75, 3.05) is 0 Å². The molecule has 0 bridgehead atoms. The van der Waals surface area contributed by atoms with Crippen molar-refractivity contribution in [2.24, 2.45) is 0 Å². The second-order valence-electron chi connectivity index (χ2n) is 4.22. The van der Waals surface area contributed by atoms with E-state index in [4.69, 9.17) is 5.26 Å². The highest BCUT2D eigenvalue weighted by molar-refractivity contribution is 7.99. The van der Waals surface area contributed by atoms with E-state index in [1.54, 1.807) is 22.9 Å². The lowest BCUT2D eigenvalue weighted by Crippen LogP contribution is -1.98. The van der Waals surface area contributed by atoms with Crippen molar-refractivity contribution in [2.45, 2.75) is 28.9 Å². The van der Waals surface area contributed by atoms with Gasteiger partial charge in [0.25, 0.3) is 0 Å². The fourth-order valence-electron chi connectivity index (χ4n) is 1.70. The zero-order chi connectivity index (χ0) is 13.2. The van der Waals surface area contributed by atoms with Crippen molar-refractivity contribution in [3.8, 4) is 6.07 Å². The first-order valence-corrected chi connectivity index (χ1v) is 6.58. The van der Waals surface area contributed by atoms with Gasteiger partial charge in [-0.1, -0.05) is 6.07 Å². The predicted octanol–water partition coefficient (Wildman–Crippen LogP) is 1.84. The highest BCUT2D eigenvalue weighted by Gasteiger charge is 2.28. The van der Waals surface area contributed by atoms with E-state index in [-0.39, 0.29) is 0 Å². The number of aromatic nitrogens is 4. The Hall–Kier alpha value is -2.20. The molecule has 0 atom stereocenters. The van der Waals surface area contributed by atoms with Gasteiger partial charge in [-0.25, -0.2) is 4.68 Å². The van der Waals surface area contributed by atoms with Gasteiger partial charge in [-0.2, -0.15) is 5.26 Å². The summed E-state index contributed by atoms with van der Waals surface area (Å²) >= 11 is 1.35. The number of nitriles is 1. The minimum atomic E-state index is 0.386. The first-order valence-electron chi connectivity index (χ1n) is 5.77. The molecule has 0 amide bonds. The van der Waals surface area contributed by atoms with Crippen molar-refractivity contribution in [3.05, 3.63) is 29.3 Å². The number of hydrogen-bond donors (Lipinski definition) is 0. The highest BCUT2D eigenvalue weighted by Crippen LogP contribution is 2.38. The second kappa shape index (κ2) is 4.82. The maximum Gasteiger partial charge on any atom is 0.214 e. The second-order valence-corrected chi connectivity index (χ2v) is 5.23. The molecule has 1 aliphatic carbocycles. The summed E-state index contributed by atoms with van der Waals surface area (Å²) in [7, 11) is 0. The van der Waals surface area contributed by atoms with Crippen molar-refractivity contribution in [1.82, 2.24) is 20.2 Å². The van der Waals surface area contributed by atoms with Crippen LogP contribution < -0.4 is 0 Å². The summed E-state index contributed by atoms with van der Waals surface area (Å²) in [5.41, 5.74) is 0.947. The molecular weight excluding hydrogens is 262 g/mol. The number of carbonyl (C=O) groups is 1. The van der Waals surface area contributed by atoms with E-state index in [1.807, 2.05) is 0 Å². The molecule has 1 aromatic carbocycles. The first kappa shape index (κ1) is 11.9. The van der Waals surface area contributed by atoms with E-state index in [1.165, 1.54) is 11.8 Å². The van der Waals surface area contributed by atoms with Gasteiger partial charge in [0.2, 0.25) is 5.16 Å². The minimum Gasteiger partial charge on any atom is -0.298 e. The Balaban J connectivity index is 1.92. The van der Waals surface area contributed by atoms with Crippen LogP contribution in [0.4, 0.5) is 0 Å². The molecule has 1 fully saturated rings. The van der Waals surface area contributed by atoms with E-state index in [0.29, 0.717) is 22.3 Å². The standard InChI is InChI=1S/C12H9N5OS/c13-6-9-5-8(7-18)1-4-11(9)19-12-14-15-16-17(12)10-2-3-10/h1,4-5,7,10H,2-3H2. The van der Waals surface area contributed by atoms with Gasteiger partial charge >= 0.3 is 0 Å². The largest absolute Gasteiger partial charge is 0.298 e. The van der Waals surface area contributed by atoms with Crippen molar-refractivity contribution in [3.63, 3.8) is 0 Å². The zero-order valence-corrected chi connectivity index (χ0v) is 10.7. The summed E-state index contributed by atoms with van der Waals surface area (Å²) in [5, 5.41) is 21.4. The van der Waals surface area contributed by atoms with Crippen LogP contribution in [0.1, 0.15) is 34.8 Å². The molecule has 6 nitrogen and oxygen atoms in total. The Kier molecular flexibility index (Phi) is 3.01. The van der Waals surface area contributed by atoms with Crippen molar-refractivity contribution < 1.29 is 4.79 Å². The van der Waals surface area contributed by atoms with E-state index in [9.17, 15) is 4.79 Å². The van der Waals surface area contributed by atoms with Crippen LogP contribution in [0.5, 0.6) is 0 Å². The van der Waals surface area contributed by atoms with Gasteiger partial charge in [-0.15, -0.1) is 5.10 Å². The molecule has 0 radical (unpaired) electrons. The van der Waals surface area contributed by atoms with Crippen LogP contribution >= 0.6 is 11.8 Å². The molecule has 3 rings (SSSR count). The Morgan fingerprint density at radius 1 is 1.47 bits per heavy atom. The van der Waals surface area contributed by atoms with Crippen LogP contribution in [0.2, 0.25) is 0 Å². The van der Waals surface area contributed by atoms with Crippen LogP contribution in [-0.2, 0) is 0 Å². The fraction of sp³-hybridized carbons (Fsp3) is 0.250. The van der Waals surface area contributed by atoms with Gasteiger partial charge in [0.05, 0.1) is 11.6 Å². The van der Waals surface area contributed by atoms with Gasteiger partial charge in [-0.05, 0) is 47.2 Å². The van der Waals surface area contributed by atoms with Crippen LogP contribution in [0.15, 0.2) is 28.3 Å². The first-order chi connectivity index (χ1) is 9.31. The normalized spacial score (nSPS) is 14.1.